The molecule has 1 aliphatic rings. The number of nitrogens with zero attached hydrogens (tertiary/aromatic N) is 1. The van der Waals surface area contributed by atoms with Crippen LogP contribution in [-0.4, -0.2) is 34.6 Å². The number of rotatable bonds is 5. The Hall–Kier alpha value is -1.90. The third-order valence-electron chi connectivity index (χ3n) is 4.15. The highest BCUT2D eigenvalue weighted by Gasteiger charge is 2.23. The first-order chi connectivity index (χ1) is 12.4. The Labute approximate surface area is 161 Å². The first kappa shape index (κ1) is 18.9. The molecule has 6 nitrogen and oxygen atoms in total. The molecule has 0 aromatic heterocycles. The molecule has 26 heavy (non-hydrogen) atoms. The van der Waals surface area contributed by atoms with E-state index < -0.39 is 10.0 Å². The van der Waals surface area contributed by atoms with Gasteiger partial charge in [0.2, 0.25) is 0 Å². The number of amides is 1. The van der Waals surface area contributed by atoms with Crippen LogP contribution in [-0.2, 0) is 26.0 Å². The molecule has 0 saturated carbocycles. The van der Waals surface area contributed by atoms with Gasteiger partial charge < -0.3 is 9.64 Å². The van der Waals surface area contributed by atoms with Crippen molar-refractivity contribution in [2.75, 3.05) is 29.9 Å². The first-order valence-electron chi connectivity index (χ1n) is 8.12. The predicted octanol–water partition coefficient (Wildman–Crippen LogP) is 3.18. The monoisotopic (exact) mass is 438 g/mol. The van der Waals surface area contributed by atoms with E-state index in [-0.39, 0.29) is 17.4 Å². The molecule has 1 amide bonds. The number of ether oxygens (including phenoxy) is 1. The maximum atomic E-state index is 12.6. The minimum absolute atomic E-state index is 0.0237. The normalized spacial score (nSPS) is 14.0. The van der Waals surface area contributed by atoms with Gasteiger partial charge in [-0.2, -0.15) is 0 Å². The first-order valence-corrected chi connectivity index (χ1v) is 10.4. The van der Waals surface area contributed by atoms with Crippen LogP contribution in [0.4, 0.5) is 11.4 Å². The summed E-state index contributed by atoms with van der Waals surface area (Å²) in [5, 5.41) is 0. The molecule has 138 valence electrons. The summed E-state index contributed by atoms with van der Waals surface area (Å²) in [6, 6.07) is 11.9. The Kier molecular flexibility index (Phi) is 5.64. The Morgan fingerprint density at radius 2 is 2.04 bits per heavy atom. The predicted molar refractivity (Wildman–Crippen MR) is 104 cm³/mol. The van der Waals surface area contributed by atoms with E-state index in [9.17, 15) is 13.2 Å². The standard InChI is InChI=1S/C18H19BrN2O4S/c1-25-12-18(22)21-10-4-5-13-11-14(8-9-16(13)21)20-26(23,24)17-7-3-2-6-15(17)19/h2-3,6-9,11,20H,4-5,10,12H2,1H3. The molecule has 0 aliphatic carbocycles. The van der Waals surface area contributed by atoms with Crippen molar-refractivity contribution < 1.29 is 17.9 Å². The van der Waals surface area contributed by atoms with E-state index in [0.717, 1.165) is 24.1 Å². The summed E-state index contributed by atoms with van der Waals surface area (Å²) in [6.07, 6.45) is 1.61. The summed E-state index contributed by atoms with van der Waals surface area (Å²) in [6.45, 7) is 0.660. The van der Waals surface area contributed by atoms with Crippen LogP contribution in [0.25, 0.3) is 0 Å². The summed E-state index contributed by atoms with van der Waals surface area (Å²) in [4.78, 5) is 14.0. The number of hydrogen-bond acceptors (Lipinski definition) is 4. The van der Waals surface area contributed by atoms with Gasteiger partial charge in [0.15, 0.2) is 0 Å². The number of anilines is 2. The Bertz CT molecular complexity index is 931. The van der Waals surface area contributed by atoms with Gasteiger partial charge in [-0.05, 0) is 64.7 Å². The minimum atomic E-state index is -3.71. The Morgan fingerprint density at radius 3 is 2.77 bits per heavy atom. The highest BCUT2D eigenvalue weighted by atomic mass is 79.9. The minimum Gasteiger partial charge on any atom is -0.375 e. The zero-order valence-corrected chi connectivity index (χ0v) is 16.6. The molecule has 3 rings (SSSR count). The largest absolute Gasteiger partial charge is 0.375 e. The van der Waals surface area contributed by atoms with Crippen LogP contribution in [0, 0.1) is 0 Å². The molecule has 1 aliphatic heterocycles. The summed E-state index contributed by atoms with van der Waals surface area (Å²) in [7, 11) is -2.22. The molecule has 0 unspecified atom stereocenters. The van der Waals surface area contributed by atoms with Crippen molar-refractivity contribution in [3.63, 3.8) is 0 Å². The second-order valence-corrected chi connectivity index (χ2v) is 8.47. The Balaban J connectivity index is 1.88. The van der Waals surface area contributed by atoms with Gasteiger partial charge in [0, 0.05) is 29.5 Å². The van der Waals surface area contributed by atoms with Crippen molar-refractivity contribution >= 4 is 43.2 Å². The lowest BCUT2D eigenvalue weighted by Gasteiger charge is -2.29. The molecule has 1 heterocycles. The average molecular weight is 439 g/mol. The van der Waals surface area contributed by atoms with E-state index in [4.69, 9.17) is 4.74 Å². The van der Waals surface area contributed by atoms with Crippen molar-refractivity contribution in [2.24, 2.45) is 0 Å². The molecule has 0 bridgehead atoms. The topological polar surface area (TPSA) is 75.7 Å². The molecular weight excluding hydrogens is 420 g/mol. The number of halogens is 1. The van der Waals surface area contributed by atoms with Gasteiger partial charge in [0.05, 0.1) is 0 Å². The van der Waals surface area contributed by atoms with E-state index in [0.29, 0.717) is 16.7 Å². The van der Waals surface area contributed by atoms with Crippen LogP contribution in [0.1, 0.15) is 12.0 Å². The van der Waals surface area contributed by atoms with E-state index >= 15 is 0 Å². The smallest absolute Gasteiger partial charge is 0.263 e. The number of carbonyl (C=O) groups is 1. The fourth-order valence-corrected chi connectivity index (χ4v) is 5.05. The summed E-state index contributed by atoms with van der Waals surface area (Å²) in [5.74, 6) is -0.102. The lowest BCUT2D eigenvalue weighted by molar-refractivity contribution is -0.122. The van der Waals surface area contributed by atoms with Gasteiger partial charge in [0.25, 0.3) is 15.9 Å². The van der Waals surface area contributed by atoms with Gasteiger partial charge >= 0.3 is 0 Å². The van der Waals surface area contributed by atoms with Crippen molar-refractivity contribution in [3.05, 3.63) is 52.5 Å². The molecule has 0 radical (unpaired) electrons. The van der Waals surface area contributed by atoms with Crippen LogP contribution < -0.4 is 9.62 Å². The van der Waals surface area contributed by atoms with Crippen LogP contribution in [0.5, 0.6) is 0 Å². The molecule has 0 saturated heterocycles. The van der Waals surface area contributed by atoms with Crippen molar-refractivity contribution in [2.45, 2.75) is 17.7 Å². The highest BCUT2D eigenvalue weighted by Crippen LogP contribution is 2.31. The summed E-state index contributed by atoms with van der Waals surface area (Å²) in [5.41, 5.74) is 2.22. The van der Waals surface area contributed by atoms with E-state index in [1.807, 2.05) is 0 Å². The van der Waals surface area contributed by atoms with Gasteiger partial charge in [-0.1, -0.05) is 12.1 Å². The quantitative estimate of drug-likeness (QED) is 0.777. The van der Waals surface area contributed by atoms with Crippen LogP contribution in [0.2, 0.25) is 0 Å². The number of methoxy groups -OCH3 is 1. The molecular formula is C18H19BrN2O4S. The van der Waals surface area contributed by atoms with E-state index in [1.165, 1.54) is 13.2 Å². The molecule has 0 spiro atoms. The van der Waals surface area contributed by atoms with E-state index in [2.05, 4.69) is 20.7 Å². The number of carbonyl (C=O) groups excluding carboxylic acids is 1. The Morgan fingerprint density at radius 1 is 1.27 bits per heavy atom. The fraction of sp³-hybridized carbons (Fsp3) is 0.278. The summed E-state index contributed by atoms with van der Waals surface area (Å²) >= 11 is 3.27. The summed E-state index contributed by atoms with van der Waals surface area (Å²) < 4.78 is 33.3. The zero-order chi connectivity index (χ0) is 18.7. The average Bonchev–Trinajstić information content (AvgIpc) is 2.61. The van der Waals surface area contributed by atoms with Crippen molar-refractivity contribution in [1.29, 1.82) is 0 Å². The van der Waals surface area contributed by atoms with Crippen LogP contribution in [0.3, 0.4) is 0 Å². The number of hydrogen-bond donors (Lipinski definition) is 1. The number of sulfonamides is 1. The zero-order valence-electron chi connectivity index (χ0n) is 14.2. The number of nitrogens with one attached hydrogen (secondary N) is 1. The third-order valence-corrected chi connectivity index (χ3v) is 6.54. The molecule has 0 atom stereocenters. The fourth-order valence-electron chi connectivity index (χ4n) is 2.99. The maximum Gasteiger partial charge on any atom is 0.263 e. The number of benzene rings is 2. The van der Waals surface area contributed by atoms with E-state index in [1.54, 1.807) is 41.3 Å². The second kappa shape index (κ2) is 7.77. The molecule has 1 N–H and O–H groups in total. The SMILES string of the molecule is COCC(=O)N1CCCc2cc(NS(=O)(=O)c3ccccc3Br)ccc21. The number of fused-ring (bicyclic) bond motifs is 1. The van der Waals surface area contributed by atoms with Gasteiger partial charge in [-0.25, -0.2) is 8.42 Å². The molecule has 2 aromatic rings. The van der Waals surface area contributed by atoms with Crippen molar-refractivity contribution in [3.8, 4) is 0 Å². The highest BCUT2D eigenvalue weighted by molar-refractivity contribution is 9.10. The van der Waals surface area contributed by atoms with Gasteiger partial charge in [-0.3, -0.25) is 9.52 Å². The second-order valence-electron chi connectivity index (χ2n) is 5.96. The third kappa shape index (κ3) is 3.92. The molecule has 8 heteroatoms. The lowest BCUT2D eigenvalue weighted by Crippen LogP contribution is -2.37. The molecule has 2 aromatic carbocycles. The van der Waals surface area contributed by atoms with Crippen LogP contribution >= 0.6 is 15.9 Å². The molecule has 0 fully saturated rings. The lowest BCUT2D eigenvalue weighted by atomic mass is 10.0. The maximum absolute atomic E-state index is 12.6. The number of aryl methyl sites for hydroxylation is 1. The van der Waals surface area contributed by atoms with Crippen molar-refractivity contribution in [1.82, 2.24) is 0 Å². The van der Waals surface area contributed by atoms with Gasteiger partial charge in [-0.15, -0.1) is 0 Å². The van der Waals surface area contributed by atoms with Gasteiger partial charge in [0.1, 0.15) is 11.5 Å². The van der Waals surface area contributed by atoms with Crippen LogP contribution in [0.15, 0.2) is 51.8 Å².